The number of rotatable bonds is 6. The van der Waals surface area contributed by atoms with Gasteiger partial charge in [-0.1, -0.05) is 14.9 Å². The lowest BCUT2D eigenvalue weighted by molar-refractivity contribution is 0.395. The van der Waals surface area contributed by atoms with Gasteiger partial charge in [-0.25, -0.2) is 24.9 Å². The molecule has 0 aliphatic heterocycles. The van der Waals surface area contributed by atoms with E-state index in [9.17, 15) is 0 Å². The molecule has 0 saturated heterocycles. The fourth-order valence-corrected chi connectivity index (χ4v) is 4.28. The first-order valence-corrected chi connectivity index (χ1v) is 14.2. The van der Waals surface area contributed by atoms with E-state index in [1.807, 2.05) is 104 Å². The second-order valence-electron chi connectivity index (χ2n) is 10.3. The molecule has 6 aromatic heterocycles. The van der Waals surface area contributed by atoms with Crippen molar-refractivity contribution >= 4 is 0 Å². The summed E-state index contributed by atoms with van der Waals surface area (Å²) >= 11 is 0. The maximum Gasteiger partial charge on any atom is 0.238 e. The number of pyridine rings is 3. The van der Waals surface area contributed by atoms with E-state index in [1.165, 1.54) is 0 Å². The van der Waals surface area contributed by atoms with Gasteiger partial charge in [0.2, 0.25) is 5.88 Å². The number of imidazole rings is 3. The summed E-state index contributed by atoms with van der Waals surface area (Å²) in [5.41, 5.74) is 7.66. The van der Waals surface area contributed by atoms with Gasteiger partial charge in [-0.05, 0) is 65.3 Å². The van der Waals surface area contributed by atoms with Gasteiger partial charge in [0.25, 0.3) is 0 Å². The first-order chi connectivity index (χ1) is 21.6. The van der Waals surface area contributed by atoms with Gasteiger partial charge >= 0.3 is 0 Å². The van der Waals surface area contributed by atoms with Crippen LogP contribution in [0.3, 0.4) is 0 Å². The van der Waals surface area contributed by atoms with Crippen LogP contribution < -0.4 is 14.2 Å². The Morgan fingerprint density at radius 1 is 0.511 bits per heavy atom. The van der Waals surface area contributed by atoms with Gasteiger partial charge < -0.3 is 23.3 Å². The van der Waals surface area contributed by atoms with Crippen LogP contribution in [-0.2, 0) is 0 Å². The van der Waals surface area contributed by atoms with Crippen molar-refractivity contribution in [3.63, 3.8) is 0 Å². The predicted octanol–water partition coefficient (Wildman–Crippen LogP) is 6.95. The summed E-state index contributed by atoms with van der Waals surface area (Å²) in [6, 6.07) is 7.79. The molecule has 0 saturated carbocycles. The van der Waals surface area contributed by atoms with E-state index in [0.29, 0.717) is 5.88 Å². The Morgan fingerprint density at radius 2 is 1.06 bits per heavy atom. The second kappa shape index (κ2) is 17.2. The normalized spacial score (nSPS) is 9.89. The number of methoxy groups -OCH3 is 3. The Labute approximate surface area is 278 Å². The third kappa shape index (κ3) is 9.73. The van der Waals surface area contributed by atoms with E-state index in [2.05, 4.69) is 29.9 Å². The smallest absolute Gasteiger partial charge is 0.238 e. The molecule has 0 aliphatic rings. The van der Waals surface area contributed by atoms with Gasteiger partial charge in [-0.15, -0.1) is 0 Å². The molecule has 6 rings (SSSR count). The highest BCUT2D eigenvalue weighted by Crippen LogP contribution is 2.23. The van der Waals surface area contributed by atoms with Crippen LogP contribution >= 0.6 is 0 Å². The highest BCUT2D eigenvalue weighted by Gasteiger charge is 2.09. The van der Waals surface area contributed by atoms with Gasteiger partial charge in [0, 0.05) is 42.2 Å². The molecule has 0 N–H and O–H groups in total. The summed E-state index contributed by atoms with van der Waals surface area (Å²) in [7, 11) is 4.92. The zero-order valence-electron chi connectivity index (χ0n) is 27.2. The lowest BCUT2D eigenvalue weighted by atomic mass is 10.3. The van der Waals surface area contributed by atoms with Crippen LogP contribution in [-0.4, -0.2) is 64.9 Å². The standard InChI is InChI=1S/3C11H13N3O.2CH4/c1-8-4-11(15-3)10(5-12-8)14-6-9(2)13-7-14;1-8-4-10(15-3)11(12-5-8)14-6-9(2)13-7-14;1-8-4-5-10(11(13-8)15-3)14-6-9(2)12-7-14;;/h3*4-7H,1-3H3;2*1H4. The van der Waals surface area contributed by atoms with Crippen LogP contribution in [0.2, 0.25) is 0 Å². The molecule has 0 unspecified atom stereocenters. The Kier molecular flexibility index (Phi) is 13.8. The van der Waals surface area contributed by atoms with Gasteiger partial charge in [-0.3, -0.25) is 9.55 Å². The summed E-state index contributed by atoms with van der Waals surface area (Å²) in [6.45, 7) is 11.7. The first kappa shape index (κ1) is 37.7. The number of aromatic nitrogens is 9. The minimum atomic E-state index is 0. The van der Waals surface area contributed by atoms with Crippen molar-refractivity contribution in [2.45, 2.75) is 56.4 Å². The van der Waals surface area contributed by atoms with Crippen LogP contribution in [0, 0.1) is 41.5 Å². The Hall–Kier alpha value is -5.52. The van der Waals surface area contributed by atoms with E-state index in [4.69, 9.17) is 14.2 Å². The molecule has 0 spiro atoms. The van der Waals surface area contributed by atoms with Crippen molar-refractivity contribution < 1.29 is 14.2 Å². The molecule has 0 radical (unpaired) electrons. The van der Waals surface area contributed by atoms with Crippen molar-refractivity contribution in [2.75, 3.05) is 21.3 Å². The lowest BCUT2D eigenvalue weighted by Gasteiger charge is -2.08. The van der Waals surface area contributed by atoms with Gasteiger partial charge in [0.05, 0.1) is 57.3 Å². The average molecular weight is 642 g/mol. The molecule has 12 nitrogen and oxygen atoms in total. The number of nitrogens with zero attached hydrogens (tertiary/aromatic N) is 9. The molecule has 47 heavy (non-hydrogen) atoms. The number of aryl methyl sites for hydroxylation is 6. The van der Waals surface area contributed by atoms with Crippen LogP contribution in [0.25, 0.3) is 17.2 Å². The van der Waals surface area contributed by atoms with Crippen molar-refractivity contribution in [2.24, 2.45) is 0 Å². The van der Waals surface area contributed by atoms with Gasteiger partial charge in [-0.2, -0.15) is 0 Å². The van der Waals surface area contributed by atoms with Crippen LogP contribution in [0.4, 0.5) is 0 Å². The minimum Gasteiger partial charge on any atom is -0.494 e. The molecule has 6 aromatic rings. The van der Waals surface area contributed by atoms with Crippen LogP contribution in [0.15, 0.2) is 74.2 Å². The van der Waals surface area contributed by atoms with Crippen molar-refractivity contribution in [3.05, 3.63) is 108 Å². The fraction of sp³-hybridized carbons (Fsp3) is 0.314. The van der Waals surface area contributed by atoms with E-state index in [0.717, 1.165) is 62.7 Å². The van der Waals surface area contributed by atoms with Crippen LogP contribution in [0.1, 0.15) is 48.9 Å². The number of ether oxygens (including phenoxy) is 3. The van der Waals surface area contributed by atoms with Crippen molar-refractivity contribution in [3.8, 4) is 34.6 Å². The zero-order valence-corrected chi connectivity index (χ0v) is 27.2. The van der Waals surface area contributed by atoms with E-state index in [-0.39, 0.29) is 14.9 Å². The summed E-state index contributed by atoms with van der Waals surface area (Å²) in [6.07, 6.45) is 14.6. The van der Waals surface area contributed by atoms with Crippen molar-refractivity contribution in [1.29, 1.82) is 0 Å². The minimum absolute atomic E-state index is 0. The molecule has 12 heteroatoms. The Morgan fingerprint density at radius 3 is 1.57 bits per heavy atom. The molecule has 0 amide bonds. The van der Waals surface area contributed by atoms with Gasteiger partial charge in [0.1, 0.15) is 23.5 Å². The molecule has 0 aromatic carbocycles. The second-order valence-corrected chi connectivity index (χ2v) is 10.3. The lowest BCUT2D eigenvalue weighted by Crippen LogP contribution is -1.99. The summed E-state index contributed by atoms with van der Waals surface area (Å²) in [4.78, 5) is 25.4. The molecule has 0 fully saturated rings. The maximum atomic E-state index is 5.30. The molecule has 0 bridgehead atoms. The number of hydrogen-bond acceptors (Lipinski definition) is 9. The zero-order chi connectivity index (χ0) is 32.5. The maximum absolute atomic E-state index is 5.30. The third-order valence-electron chi connectivity index (χ3n) is 6.50. The monoisotopic (exact) mass is 641 g/mol. The summed E-state index contributed by atoms with van der Waals surface area (Å²) < 4.78 is 21.5. The largest absolute Gasteiger partial charge is 0.494 e. The van der Waals surface area contributed by atoms with Crippen molar-refractivity contribution in [1.82, 2.24) is 43.6 Å². The highest BCUT2D eigenvalue weighted by molar-refractivity contribution is 5.46. The SMILES string of the molecule is C.C.COc1cc(C)cnc1-n1cnc(C)c1.COc1cc(C)ncc1-n1cnc(C)c1.COc1nc(C)ccc1-n1cnc(C)c1. The molecule has 6 heterocycles. The first-order valence-electron chi connectivity index (χ1n) is 14.2. The summed E-state index contributed by atoms with van der Waals surface area (Å²) in [5.74, 6) is 2.95. The Bertz CT molecular complexity index is 1640. The topological polar surface area (TPSA) is 120 Å². The predicted molar refractivity (Wildman–Crippen MR) is 186 cm³/mol. The molecular weight excluding hydrogens is 594 g/mol. The van der Waals surface area contributed by atoms with E-state index >= 15 is 0 Å². The van der Waals surface area contributed by atoms with Gasteiger partial charge in [0.15, 0.2) is 11.6 Å². The molecule has 0 aliphatic carbocycles. The molecule has 0 atom stereocenters. The Balaban J connectivity index is 0.000000240. The van der Waals surface area contributed by atoms with Crippen LogP contribution in [0.5, 0.6) is 17.4 Å². The number of hydrogen-bond donors (Lipinski definition) is 0. The van der Waals surface area contributed by atoms with E-state index < -0.39 is 0 Å². The molecular formula is C35H47N9O3. The molecule has 250 valence electrons. The summed E-state index contributed by atoms with van der Waals surface area (Å²) in [5, 5.41) is 0. The van der Waals surface area contributed by atoms with E-state index in [1.54, 1.807) is 46.5 Å². The fourth-order valence-electron chi connectivity index (χ4n) is 4.28. The average Bonchev–Trinajstić information content (AvgIpc) is 3.78. The highest BCUT2D eigenvalue weighted by atomic mass is 16.5. The quantitative estimate of drug-likeness (QED) is 0.190. The third-order valence-corrected chi connectivity index (χ3v) is 6.50.